The molecular weight excluding hydrogens is 147 g/mol. The molecule has 0 radical (unpaired) electrons. The van der Waals surface area contributed by atoms with E-state index in [0.717, 1.165) is 6.92 Å². The van der Waals surface area contributed by atoms with Crippen molar-refractivity contribution in [3.63, 3.8) is 0 Å². The molecule has 5 nitrogen and oxygen atoms in total. The highest BCUT2D eigenvalue weighted by atomic mass is 31.2. The summed E-state index contributed by atoms with van der Waals surface area (Å²) in [6.45, 7) is 0.751. The zero-order chi connectivity index (χ0) is 7.71. The molecule has 1 atom stereocenters. The number of aliphatic hydroxyl groups is 1. The van der Waals surface area contributed by atoms with E-state index < -0.39 is 12.9 Å². The third-order valence-corrected chi connectivity index (χ3v) is 2.10. The molecule has 3 N–H and O–H groups in total. The van der Waals surface area contributed by atoms with Gasteiger partial charge in [-0.1, -0.05) is 0 Å². The number of carbonyl (C=O) groups is 1. The summed E-state index contributed by atoms with van der Waals surface area (Å²) in [7, 11) is -4.68. The molecule has 1 unspecified atom stereocenters. The Balaban J connectivity index is 4.54. The van der Waals surface area contributed by atoms with Crippen LogP contribution in [0, 0.1) is 0 Å². The van der Waals surface area contributed by atoms with Gasteiger partial charge in [0.1, 0.15) is 0 Å². The number of aldehydes is 1. The first-order valence-corrected chi connectivity index (χ1v) is 3.67. The van der Waals surface area contributed by atoms with Crippen molar-refractivity contribution in [1.82, 2.24) is 0 Å². The van der Waals surface area contributed by atoms with Gasteiger partial charge in [0, 0.05) is 0 Å². The fourth-order valence-corrected chi connectivity index (χ4v) is 0.206. The third-order valence-electron chi connectivity index (χ3n) is 0.813. The average Bonchev–Trinajstić information content (AvgIpc) is 1.64. The Labute approximate surface area is 51.5 Å². The van der Waals surface area contributed by atoms with E-state index in [0.29, 0.717) is 0 Å². The van der Waals surface area contributed by atoms with E-state index in [1.807, 2.05) is 0 Å². The molecule has 0 saturated heterocycles. The maximum Gasteiger partial charge on any atom is 0.363 e. The highest BCUT2D eigenvalue weighted by Gasteiger charge is 2.40. The molecule has 9 heavy (non-hydrogen) atoms. The van der Waals surface area contributed by atoms with Crippen molar-refractivity contribution in [2.75, 3.05) is 0 Å². The van der Waals surface area contributed by atoms with Gasteiger partial charge in [-0.3, -0.25) is 9.36 Å². The molecule has 54 valence electrons. The summed E-state index contributed by atoms with van der Waals surface area (Å²) >= 11 is 0. The van der Waals surface area contributed by atoms with Gasteiger partial charge in [-0.2, -0.15) is 0 Å². The average molecular weight is 154 g/mol. The first-order chi connectivity index (χ1) is 3.81. The van der Waals surface area contributed by atoms with Crippen LogP contribution >= 0.6 is 7.60 Å². The number of rotatable bonds is 2. The molecule has 6 heteroatoms. The van der Waals surface area contributed by atoms with Crippen LogP contribution in [0.5, 0.6) is 0 Å². The lowest BCUT2D eigenvalue weighted by Crippen LogP contribution is -2.25. The van der Waals surface area contributed by atoms with Crippen molar-refractivity contribution in [3.05, 3.63) is 0 Å². The first kappa shape index (κ1) is 8.78. The topological polar surface area (TPSA) is 94.8 Å². The van der Waals surface area contributed by atoms with E-state index in [1.54, 1.807) is 0 Å². The molecular formula is C3H7O5P. The first-order valence-electron chi connectivity index (χ1n) is 2.05. The van der Waals surface area contributed by atoms with Crippen LogP contribution in [0.3, 0.4) is 0 Å². The SMILES string of the molecule is CC(O)(C=O)P(=O)(O)O. The van der Waals surface area contributed by atoms with Crippen molar-refractivity contribution in [2.24, 2.45) is 0 Å². The summed E-state index contributed by atoms with van der Waals surface area (Å²) in [5.74, 6) is 0. The minimum atomic E-state index is -4.68. The molecule has 0 fully saturated rings. The van der Waals surface area contributed by atoms with Gasteiger partial charge in [0.25, 0.3) is 0 Å². The van der Waals surface area contributed by atoms with Crippen molar-refractivity contribution in [3.8, 4) is 0 Å². The van der Waals surface area contributed by atoms with Gasteiger partial charge in [-0.15, -0.1) is 0 Å². The Kier molecular flexibility index (Phi) is 2.14. The third kappa shape index (κ3) is 1.87. The molecule has 0 aliphatic rings. The minimum absolute atomic E-state index is 0.187. The normalized spacial score (nSPS) is 18.7. The van der Waals surface area contributed by atoms with E-state index in [2.05, 4.69) is 0 Å². The van der Waals surface area contributed by atoms with Crippen LogP contribution in [0.2, 0.25) is 0 Å². The predicted octanol–water partition coefficient (Wildman–Crippen LogP) is -0.929. The summed E-state index contributed by atoms with van der Waals surface area (Å²) in [5.41, 5.74) is 0. The Morgan fingerprint density at radius 3 is 1.89 bits per heavy atom. The van der Waals surface area contributed by atoms with Gasteiger partial charge >= 0.3 is 7.60 Å². The summed E-state index contributed by atoms with van der Waals surface area (Å²) in [5, 5.41) is 5.99. The van der Waals surface area contributed by atoms with Crippen molar-refractivity contribution >= 4 is 13.9 Å². The van der Waals surface area contributed by atoms with Gasteiger partial charge in [0.2, 0.25) is 5.34 Å². The van der Waals surface area contributed by atoms with Crippen LogP contribution in [-0.4, -0.2) is 26.5 Å². The Morgan fingerprint density at radius 1 is 1.56 bits per heavy atom. The Bertz CT molecular complexity index is 156. The van der Waals surface area contributed by atoms with E-state index in [-0.39, 0.29) is 6.29 Å². The molecule has 0 saturated carbocycles. The standard InChI is InChI=1S/C3H7O5P/c1-3(5,2-4)9(6,7)8/h2,5H,1H3,(H2,6,7,8). The highest BCUT2D eigenvalue weighted by molar-refractivity contribution is 7.54. The second-order valence-electron chi connectivity index (χ2n) is 1.76. The fraction of sp³-hybridized carbons (Fsp3) is 0.667. The zero-order valence-electron chi connectivity index (χ0n) is 4.68. The smallest absolute Gasteiger partial charge is 0.363 e. The fourth-order valence-electron chi connectivity index (χ4n) is 0.0687. The largest absolute Gasteiger partial charge is 0.371 e. The van der Waals surface area contributed by atoms with Crippen LogP contribution in [0.1, 0.15) is 6.92 Å². The molecule has 0 heterocycles. The monoisotopic (exact) mass is 154 g/mol. The maximum absolute atomic E-state index is 10.1. The lowest BCUT2D eigenvalue weighted by molar-refractivity contribution is -0.117. The Hall–Kier alpha value is -0.220. The van der Waals surface area contributed by atoms with E-state index in [1.165, 1.54) is 0 Å². The predicted molar refractivity (Wildman–Crippen MR) is 28.7 cm³/mol. The van der Waals surface area contributed by atoms with Crippen LogP contribution in [-0.2, 0) is 9.36 Å². The summed E-state index contributed by atoms with van der Waals surface area (Å²) < 4.78 is 10.1. The van der Waals surface area contributed by atoms with E-state index in [9.17, 15) is 9.36 Å². The van der Waals surface area contributed by atoms with Crippen LogP contribution in [0.25, 0.3) is 0 Å². The van der Waals surface area contributed by atoms with Gasteiger partial charge in [-0.05, 0) is 6.92 Å². The summed E-state index contributed by atoms with van der Waals surface area (Å²) in [6, 6.07) is 0. The van der Waals surface area contributed by atoms with Crippen molar-refractivity contribution < 1.29 is 24.3 Å². The van der Waals surface area contributed by atoms with Gasteiger partial charge < -0.3 is 14.9 Å². The maximum atomic E-state index is 10.1. The molecule has 0 aliphatic carbocycles. The zero-order valence-corrected chi connectivity index (χ0v) is 5.58. The minimum Gasteiger partial charge on any atom is -0.371 e. The molecule has 0 spiro atoms. The number of hydrogen-bond acceptors (Lipinski definition) is 3. The molecule has 0 amide bonds. The molecule has 0 aromatic carbocycles. The van der Waals surface area contributed by atoms with Crippen molar-refractivity contribution in [2.45, 2.75) is 12.3 Å². The van der Waals surface area contributed by atoms with Gasteiger partial charge in [0.15, 0.2) is 6.29 Å². The molecule has 0 bridgehead atoms. The van der Waals surface area contributed by atoms with Gasteiger partial charge in [-0.25, -0.2) is 0 Å². The lowest BCUT2D eigenvalue weighted by Gasteiger charge is -2.15. The Morgan fingerprint density at radius 2 is 1.89 bits per heavy atom. The summed E-state index contributed by atoms with van der Waals surface area (Å²) in [6.07, 6.45) is -0.187. The molecule has 0 rings (SSSR count). The number of carbonyl (C=O) groups excluding carboxylic acids is 1. The van der Waals surface area contributed by atoms with E-state index in [4.69, 9.17) is 14.9 Å². The second-order valence-corrected chi connectivity index (χ2v) is 3.75. The van der Waals surface area contributed by atoms with E-state index >= 15 is 0 Å². The number of hydrogen-bond donors (Lipinski definition) is 3. The highest BCUT2D eigenvalue weighted by Crippen LogP contribution is 2.46. The van der Waals surface area contributed by atoms with Crippen LogP contribution in [0.4, 0.5) is 0 Å². The molecule has 0 aromatic heterocycles. The lowest BCUT2D eigenvalue weighted by atomic mass is 10.5. The van der Waals surface area contributed by atoms with Crippen molar-refractivity contribution in [1.29, 1.82) is 0 Å². The molecule has 0 aliphatic heterocycles. The van der Waals surface area contributed by atoms with Crippen LogP contribution < -0.4 is 0 Å². The second kappa shape index (κ2) is 2.19. The summed E-state index contributed by atoms with van der Waals surface area (Å²) in [4.78, 5) is 26.1. The van der Waals surface area contributed by atoms with Crippen LogP contribution in [0.15, 0.2) is 0 Å². The quantitative estimate of drug-likeness (QED) is 0.353. The molecule has 0 aromatic rings. The van der Waals surface area contributed by atoms with Gasteiger partial charge in [0.05, 0.1) is 0 Å².